The van der Waals surface area contributed by atoms with Crippen molar-refractivity contribution in [2.24, 2.45) is 23.7 Å². The zero-order chi connectivity index (χ0) is 47.1. The standard InChI is InChI=1S/C45H75NO17/c1-12-32-29(21-57-44-41(56-11)38(53)36(51)25(5)59-44)17-22(2)13-14-30(48)23(3)18-28(15-16-47)39(24(4)31(49)19-33(50)61-32)63-43-37(52)35(46(9)10)40(26(6)60-43)62-34-20-45(8,55)42(54)27(7)58-34/h13-14,16-17,23-29,31-32,34-44,49,51-55H,12,15,18-21H2,1-11H3/b14-13+,22-17+/t23-,24+,25-,26-,27+,28+,29-,31-,32-,34+,35-,36-,37-,38-,39-,40-,41-,42+,43+,44-,45-/m1/s1. The number of aldehydes is 1. The third-order valence-corrected chi connectivity index (χ3v) is 13.2. The van der Waals surface area contributed by atoms with Gasteiger partial charge in [0, 0.05) is 37.7 Å². The summed E-state index contributed by atoms with van der Waals surface area (Å²) in [5, 5.41) is 66.0. The number of hydrogen-bond donors (Lipinski definition) is 6. The number of nitrogens with zero attached hydrogens (tertiary/aromatic N) is 1. The molecular weight excluding hydrogens is 826 g/mol. The normalized spacial score (nSPS) is 46.5. The van der Waals surface area contributed by atoms with Gasteiger partial charge in [-0.2, -0.15) is 0 Å². The number of carbonyl (C=O) groups excluding carboxylic acids is 3. The van der Waals surface area contributed by atoms with Crippen LogP contribution in [0.1, 0.15) is 87.5 Å². The highest BCUT2D eigenvalue weighted by atomic mass is 16.7. The van der Waals surface area contributed by atoms with Crippen LogP contribution in [0.2, 0.25) is 0 Å². The third-order valence-electron chi connectivity index (χ3n) is 13.2. The molecule has 0 radical (unpaired) electrons. The Kier molecular flexibility index (Phi) is 19.9. The molecule has 4 aliphatic rings. The van der Waals surface area contributed by atoms with Crippen molar-refractivity contribution in [1.82, 2.24) is 4.90 Å². The van der Waals surface area contributed by atoms with E-state index >= 15 is 0 Å². The molecular formula is C45H75NO17. The second-order valence-corrected chi connectivity index (χ2v) is 18.5. The van der Waals surface area contributed by atoms with Gasteiger partial charge in [0.05, 0.1) is 55.2 Å². The van der Waals surface area contributed by atoms with Crippen molar-refractivity contribution in [2.45, 2.75) is 191 Å². The molecule has 0 unspecified atom stereocenters. The van der Waals surface area contributed by atoms with Crippen LogP contribution in [0.3, 0.4) is 0 Å². The monoisotopic (exact) mass is 902 g/mol. The van der Waals surface area contributed by atoms with Gasteiger partial charge in [-0.1, -0.05) is 38.5 Å². The fraction of sp³-hybridized carbons (Fsp3) is 0.844. The van der Waals surface area contributed by atoms with Crippen LogP contribution in [-0.2, 0) is 52.3 Å². The van der Waals surface area contributed by atoms with Gasteiger partial charge in [0.2, 0.25) is 0 Å². The van der Waals surface area contributed by atoms with Crippen LogP contribution in [-0.4, -0.2) is 185 Å². The number of esters is 1. The largest absolute Gasteiger partial charge is 0.462 e. The summed E-state index contributed by atoms with van der Waals surface area (Å²) in [5.41, 5.74) is -0.837. The highest BCUT2D eigenvalue weighted by Crippen LogP contribution is 2.37. The van der Waals surface area contributed by atoms with Crippen molar-refractivity contribution in [3.05, 3.63) is 23.8 Å². The SMILES string of the molecule is CC[C@H]1OC(=O)C[C@@H](O)[C@H](C)[C@@H](O[C@@H]2O[C@H](C)[C@@H](O[C@H]3C[C@@](C)(O)[C@@H](O)[C@H](C)O3)[C@H](N(C)C)[C@H]2O)[C@@H](CC=O)C[C@@H](C)C(=O)/C=C/C(C)=C/[C@@H]1CO[C@@H]1O[C@H](C)[C@@H](O)[C@@H](O)[C@H]1OC. The van der Waals surface area contributed by atoms with E-state index in [1.807, 2.05) is 13.0 Å². The number of aliphatic hydroxyl groups excluding tert-OH is 5. The van der Waals surface area contributed by atoms with E-state index in [1.165, 1.54) is 20.1 Å². The molecule has 18 heteroatoms. The number of rotatable bonds is 12. The summed E-state index contributed by atoms with van der Waals surface area (Å²) in [4.78, 5) is 41.4. The van der Waals surface area contributed by atoms with Crippen molar-refractivity contribution in [1.29, 1.82) is 0 Å². The Labute approximate surface area is 371 Å². The van der Waals surface area contributed by atoms with Crippen molar-refractivity contribution in [2.75, 3.05) is 27.8 Å². The summed E-state index contributed by atoms with van der Waals surface area (Å²) in [6.45, 7) is 13.4. The lowest BCUT2D eigenvalue weighted by Gasteiger charge is -2.50. The molecule has 0 aliphatic carbocycles. The van der Waals surface area contributed by atoms with Gasteiger partial charge < -0.3 is 78.2 Å². The van der Waals surface area contributed by atoms with E-state index in [4.69, 9.17) is 37.9 Å². The minimum Gasteiger partial charge on any atom is -0.462 e. The van der Waals surface area contributed by atoms with E-state index in [2.05, 4.69) is 0 Å². The maximum absolute atomic E-state index is 13.7. The van der Waals surface area contributed by atoms with Crippen LogP contribution in [0.25, 0.3) is 0 Å². The zero-order valence-corrected chi connectivity index (χ0v) is 38.7. The van der Waals surface area contributed by atoms with Crippen molar-refractivity contribution in [3.63, 3.8) is 0 Å². The Bertz CT molecular complexity index is 1540. The smallest absolute Gasteiger partial charge is 0.308 e. The van der Waals surface area contributed by atoms with Gasteiger partial charge >= 0.3 is 5.97 Å². The lowest BCUT2D eigenvalue weighted by atomic mass is 9.79. The molecule has 0 bridgehead atoms. The van der Waals surface area contributed by atoms with E-state index in [0.29, 0.717) is 18.3 Å². The second-order valence-electron chi connectivity index (χ2n) is 18.5. The predicted octanol–water partition coefficient (Wildman–Crippen LogP) is 1.18. The number of allylic oxidation sites excluding steroid dienone is 3. The fourth-order valence-electron chi connectivity index (χ4n) is 9.26. The Morgan fingerprint density at radius 1 is 0.873 bits per heavy atom. The summed E-state index contributed by atoms with van der Waals surface area (Å²) in [5.74, 6) is -3.70. The molecule has 0 aromatic rings. The van der Waals surface area contributed by atoms with E-state index in [9.17, 15) is 45.0 Å². The molecule has 0 amide bonds. The maximum Gasteiger partial charge on any atom is 0.308 e. The molecule has 3 fully saturated rings. The lowest BCUT2D eigenvalue weighted by Crippen LogP contribution is -2.65. The van der Waals surface area contributed by atoms with E-state index < -0.39 is 140 Å². The highest BCUT2D eigenvalue weighted by molar-refractivity contribution is 5.91. The van der Waals surface area contributed by atoms with Gasteiger partial charge in [-0.05, 0) is 73.5 Å². The van der Waals surface area contributed by atoms with Crippen molar-refractivity contribution in [3.8, 4) is 0 Å². The van der Waals surface area contributed by atoms with Crippen LogP contribution in [0, 0.1) is 23.7 Å². The number of methoxy groups -OCH3 is 1. The maximum atomic E-state index is 13.7. The molecule has 21 atom stereocenters. The molecule has 0 spiro atoms. The quantitative estimate of drug-likeness (QED) is 0.119. The summed E-state index contributed by atoms with van der Waals surface area (Å²) in [6.07, 6.45) is -10.0. The molecule has 63 heavy (non-hydrogen) atoms. The summed E-state index contributed by atoms with van der Waals surface area (Å²) < 4.78 is 48.5. The van der Waals surface area contributed by atoms with Gasteiger partial charge in [0.25, 0.3) is 0 Å². The second kappa shape index (κ2) is 23.5. The predicted molar refractivity (Wildman–Crippen MR) is 226 cm³/mol. The topological polar surface area (TPSA) is 250 Å². The molecule has 362 valence electrons. The number of cyclic esters (lactones) is 1. The van der Waals surface area contributed by atoms with Gasteiger partial charge in [-0.25, -0.2) is 0 Å². The Morgan fingerprint density at radius 3 is 2.14 bits per heavy atom. The number of carbonyl (C=O) groups is 3. The van der Waals surface area contributed by atoms with Gasteiger partial charge in [-0.15, -0.1) is 0 Å². The number of aliphatic hydroxyl groups is 6. The third kappa shape index (κ3) is 13.4. The van der Waals surface area contributed by atoms with Gasteiger partial charge in [0.15, 0.2) is 24.7 Å². The summed E-state index contributed by atoms with van der Waals surface area (Å²) >= 11 is 0. The average Bonchev–Trinajstić information content (AvgIpc) is 3.21. The average molecular weight is 902 g/mol. The minimum absolute atomic E-state index is 0.0407. The molecule has 3 saturated heterocycles. The van der Waals surface area contributed by atoms with Crippen LogP contribution in [0.5, 0.6) is 0 Å². The molecule has 4 heterocycles. The molecule has 4 aliphatic heterocycles. The van der Waals surface area contributed by atoms with Crippen LogP contribution < -0.4 is 0 Å². The van der Waals surface area contributed by atoms with Crippen molar-refractivity contribution >= 4 is 18.0 Å². The zero-order valence-electron chi connectivity index (χ0n) is 38.7. The number of likely N-dealkylation sites (N-methyl/N-ethyl adjacent to an activating group) is 1. The van der Waals surface area contributed by atoms with Crippen LogP contribution >= 0.6 is 0 Å². The summed E-state index contributed by atoms with van der Waals surface area (Å²) in [6, 6.07) is -0.754. The number of ketones is 1. The minimum atomic E-state index is -1.49. The molecule has 18 nitrogen and oxygen atoms in total. The number of hydrogen-bond acceptors (Lipinski definition) is 18. The molecule has 6 N–H and O–H groups in total. The van der Waals surface area contributed by atoms with Crippen LogP contribution in [0.4, 0.5) is 0 Å². The Morgan fingerprint density at radius 2 is 1.54 bits per heavy atom. The van der Waals surface area contributed by atoms with E-state index in [1.54, 1.807) is 66.6 Å². The molecule has 0 aromatic carbocycles. The first-order chi connectivity index (χ1) is 29.5. The fourth-order valence-corrected chi connectivity index (χ4v) is 9.26. The Hall–Kier alpha value is -2.27. The Balaban J connectivity index is 1.62. The lowest BCUT2D eigenvalue weighted by molar-refractivity contribution is -0.341. The first-order valence-electron chi connectivity index (χ1n) is 22.3. The molecule has 0 saturated carbocycles. The van der Waals surface area contributed by atoms with Crippen molar-refractivity contribution < 1.29 is 82.9 Å². The number of ether oxygens (including phenoxy) is 8. The summed E-state index contributed by atoms with van der Waals surface area (Å²) in [7, 11) is 4.86. The van der Waals surface area contributed by atoms with E-state index in [-0.39, 0.29) is 31.7 Å². The van der Waals surface area contributed by atoms with Crippen LogP contribution in [0.15, 0.2) is 23.8 Å². The first kappa shape index (κ1) is 53.3. The van der Waals surface area contributed by atoms with Gasteiger partial charge in [-0.3, -0.25) is 9.59 Å². The molecule has 0 aromatic heterocycles. The van der Waals surface area contributed by atoms with Gasteiger partial charge in [0.1, 0.15) is 49.0 Å². The van der Waals surface area contributed by atoms with E-state index in [0.717, 1.165) is 0 Å². The first-order valence-corrected chi connectivity index (χ1v) is 22.3. The highest BCUT2D eigenvalue weighted by Gasteiger charge is 2.51. The molecule has 4 rings (SSSR count).